The van der Waals surface area contributed by atoms with Crippen molar-refractivity contribution in [3.05, 3.63) is 64.7 Å². The zero-order chi connectivity index (χ0) is 88.3. The third-order valence-electron chi connectivity index (χ3n) is 22.2. The number of urea groups is 1. The Hall–Kier alpha value is -9.81. The van der Waals surface area contributed by atoms with Gasteiger partial charge in [-0.25, -0.2) is 19.2 Å². The summed E-state index contributed by atoms with van der Waals surface area (Å²) >= 11 is 1.29. The van der Waals surface area contributed by atoms with Gasteiger partial charge in [-0.2, -0.15) is 0 Å². The number of unbranched alkanes of at least 4 members (excludes halogenated alkanes) is 2. The molecule has 0 spiro atoms. The number of rotatable bonds is 48. The van der Waals surface area contributed by atoms with E-state index < -0.39 is 143 Å². The summed E-state index contributed by atoms with van der Waals surface area (Å²) in [6.07, 6.45) is -1.40. The molecular weight excluding hydrogens is 1560 g/mol. The number of benzene rings is 2. The number of alkyl carbamates (subject to hydrolysis) is 2. The molecule has 3 heterocycles. The van der Waals surface area contributed by atoms with Crippen molar-refractivity contribution in [2.75, 3.05) is 85.7 Å². The fraction of sp³-hybridized carbons (Fsp3) is 0.663. The highest BCUT2D eigenvalue weighted by Gasteiger charge is 2.50. The van der Waals surface area contributed by atoms with E-state index in [1.807, 2.05) is 67.5 Å². The second-order valence-corrected chi connectivity index (χ2v) is 34.0. The van der Waals surface area contributed by atoms with Crippen molar-refractivity contribution in [3.8, 4) is 0 Å². The minimum atomic E-state index is -1.16. The number of nitrogens with two attached hydrogens (primary N) is 1. The van der Waals surface area contributed by atoms with Crippen molar-refractivity contribution in [2.24, 2.45) is 40.7 Å². The smallest absolute Gasteiger partial charge is 0.407 e. The molecule has 2 aromatic carbocycles. The number of hydroxylamine groups is 2. The van der Waals surface area contributed by atoms with Crippen LogP contribution in [0.1, 0.15) is 186 Å². The van der Waals surface area contributed by atoms with Crippen molar-refractivity contribution in [1.29, 1.82) is 0 Å². The van der Waals surface area contributed by atoms with Gasteiger partial charge in [0, 0.05) is 96.6 Å². The fourth-order valence-corrected chi connectivity index (χ4v) is 16.6. The number of thioether (sulfide) groups is 1. The first-order valence-corrected chi connectivity index (χ1v) is 42.2. The van der Waals surface area contributed by atoms with Crippen LogP contribution in [0.15, 0.2) is 42.5 Å². The molecule has 0 aromatic heterocycles. The molecule has 10 N–H and O–H groups in total. The maximum absolute atomic E-state index is 15.0. The average Bonchev–Trinajstić information content (AvgIpc) is 1.67. The summed E-state index contributed by atoms with van der Waals surface area (Å²) in [4.78, 5) is 224. The van der Waals surface area contributed by atoms with Crippen LogP contribution in [-0.4, -0.2) is 260 Å². The van der Waals surface area contributed by atoms with Gasteiger partial charge in [-0.1, -0.05) is 111 Å². The van der Waals surface area contributed by atoms with E-state index in [0.29, 0.717) is 66.2 Å². The molecule has 0 radical (unpaired) electrons. The van der Waals surface area contributed by atoms with Gasteiger partial charge in [-0.3, -0.25) is 67.3 Å². The summed E-state index contributed by atoms with van der Waals surface area (Å²) in [5.74, 6) is -7.76. The van der Waals surface area contributed by atoms with Crippen LogP contribution >= 0.6 is 11.8 Å². The number of likely N-dealkylation sites (tertiary alicyclic amines) is 2. The molecule has 1 unspecified atom stereocenters. The van der Waals surface area contributed by atoms with E-state index in [1.54, 1.807) is 82.0 Å². The first-order valence-electron chi connectivity index (χ1n) is 41.1. The van der Waals surface area contributed by atoms with Gasteiger partial charge < -0.3 is 81.9 Å². The molecule has 12 atom stereocenters. The molecule has 3 saturated heterocycles. The molecule has 1 aliphatic carbocycles. The summed E-state index contributed by atoms with van der Waals surface area (Å²) in [6.45, 7) is 19.5. The number of hydrogen-bond donors (Lipinski definition) is 9. The number of methoxy groups -OCH3 is 2. The highest BCUT2D eigenvalue weighted by Crippen LogP contribution is 2.52. The number of nitrogens with one attached hydrogen (secondary N) is 8. The molecule has 119 heavy (non-hydrogen) atoms. The summed E-state index contributed by atoms with van der Waals surface area (Å²) in [5, 5.41) is 21.5. The summed E-state index contributed by atoms with van der Waals surface area (Å²) in [7, 11) is 8.08. The van der Waals surface area contributed by atoms with Gasteiger partial charge >= 0.3 is 24.2 Å². The third-order valence-corrected chi connectivity index (χ3v) is 23.8. The molecule has 3 aliphatic heterocycles. The number of ketones is 1. The Balaban J connectivity index is 0.988. The van der Waals surface area contributed by atoms with E-state index in [4.69, 9.17) is 29.5 Å². The predicted molar refractivity (Wildman–Crippen MR) is 440 cm³/mol. The summed E-state index contributed by atoms with van der Waals surface area (Å²) in [5.41, 5.74) is 7.81. The Morgan fingerprint density at radius 2 is 1.35 bits per heavy atom. The van der Waals surface area contributed by atoms with E-state index in [-0.39, 0.29) is 151 Å². The Morgan fingerprint density at radius 3 is 1.94 bits per heavy atom. The molecule has 6 rings (SSSR count). The number of primary amides is 1. The number of hydrogen-bond acceptors (Lipinski definition) is 23. The molecule has 0 bridgehead atoms. The van der Waals surface area contributed by atoms with E-state index >= 15 is 4.79 Å². The number of ether oxygens (including phenoxy) is 4. The van der Waals surface area contributed by atoms with Crippen LogP contribution in [0, 0.1) is 48.9 Å². The number of carbonyl (C=O) groups is 16. The van der Waals surface area contributed by atoms with Crippen molar-refractivity contribution in [2.45, 2.75) is 239 Å². The van der Waals surface area contributed by atoms with E-state index in [9.17, 15) is 71.9 Å². The molecule has 2 aromatic rings. The van der Waals surface area contributed by atoms with Gasteiger partial charge in [-0.15, -0.1) is 16.8 Å². The monoisotopic (exact) mass is 1690 g/mol. The van der Waals surface area contributed by atoms with Crippen LogP contribution in [0.4, 0.5) is 20.1 Å². The lowest BCUT2D eigenvalue weighted by atomic mass is 9.89. The summed E-state index contributed by atoms with van der Waals surface area (Å²) < 4.78 is 23.5. The van der Waals surface area contributed by atoms with Crippen molar-refractivity contribution < 1.29 is 100 Å². The van der Waals surface area contributed by atoms with Crippen LogP contribution in [0.25, 0.3) is 0 Å². The lowest BCUT2D eigenvalue weighted by molar-refractivity contribution is -0.198. The standard InChI is InChI=1S/C83H126N14O21S/c1-17-51(9)72(94(14)79(110)70(48(4)5)92-77(108)71(49(6)7)93(12)13)61(114-15)40-66(102)96-44-56(39-59(96)73(115-16)53(11)74(105)88-43-60(98)57-29-24-50(8)38-52(57)10)117-82(113)87-36-35-86-81(112)116-45-54-25-27-55(28-26-54)89-75(106)58(22-21-34-85-80(84)111)90-76(107)69(47(2)3)91-63(99)23-19-18-20-37-95-67(103)41-62(78(95)109)119-46-83(32-33-83)42-68(104)118-97-64(100)30-31-65(97)101/h24-29,38,47-49,51,53,56,58-59,61-62,69-73H,17-23,30-37,39-46H2,1-16H3,(H,86,112)(H,87,113)(H,88,105)(H,89,106)(H,90,107)(H,91,99)(H,92,108)(H3,84,85,111)/t51-,53+,56-,58-,59-,61+,62?,69-,70-,71-,72-,73+/m0/s1. The number of aryl methyl sites for hydroxylation is 2. The Kier molecular flexibility index (Phi) is 38.4. The number of likely N-dealkylation sites (N-methyl/N-ethyl adjacent to an activating group) is 2. The number of amides is 15. The van der Waals surface area contributed by atoms with E-state index in [0.717, 1.165) is 11.1 Å². The van der Waals surface area contributed by atoms with Crippen LogP contribution < -0.4 is 48.3 Å². The number of nitrogens with zero attached hydrogens (tertiary/aromatic N) is 5. The minimum Gasteiger partial charge on any atom is -0.445 e. The van der Waals surface area contributed by atoms with Gasteiger partial charge in [0.25, 0.3) is 11.8 Å². The molecular formula is C83H126N14O21S. The maximum atomic E-state index is 15.0. The Morgan fingerprint density at radius 1 is 0.697 bits per heavy atom. The molecule has 15 amide bonds. The summed E-state index contributed by atoms with van der Waals surface area (Å²) in [6, 6.07) is 5.67. The lowest BCUT2D eigenvalue weighted by Crippen LogP contribution is -2.59. The average molecular weight is 1690 g/mol. The number of carbonyl (C=O) groups excluding carboxylic acids is 16. The molecule has 35 nitrogen and oxygen atoms in total. The van der Waals surface area contributed by atoms with E-state index in [2.05, 4.69) is 42.5 Å². The predicted octanol–water partition coefficient (Wildman–Crippen LogP) is 5.09. The number of Topliss-reactive ketones (excluding diaryl/α,β-unsaturated/α-hetero) is 1. The quantitative estimate of drug-likeness (QED) is 0.0236. The van der Waals surface area contributed by atoms with Crippen molar-refractivity contribution in [1.82, 2.24) is 61.9 Å². The molecule has 36 heteroatoms. The highest BCUT2D eigenvalue weighted by atomic mass is 32.2. The Bertz CT molecular complexity index is 3890. The SMILES string of the molecule is CC[C@H](C)[C@@H]([C@@H](CC(=O)N1C[C@@H](OC(=O)NCCNC(=O)OCc2ccc(NC(=O)[C@H](CCCNC(N)=O)NC(=O)[C@@H](NC(=O)CCCCCN3C(=O)CC(SCC4(CC(=O)ON5C(=O)CCC5=O)CC4)C3=O)C(C)C)cc2)C[C@H]1[C@H](OC)[C@@H](C)C(=O)NCC(=O)c1ccc(C)cc1C)OC)N(C)C(=O)[C@@H](NC(=O)[C@H](C(C)C)N(C)C)C(C)C. The van der Waals surface area contributed by atoms with Gasteiger partial charge in [0.1, 0.15) is 30.8 Å². The van der Waals surface area contributed by atoms with Gasteiger partial charge in [0.15, 0.2) is 5.78 Å². The molecule has 4 fully saturated rings. The van der Waals surface area contributed by atoms with Gasteiger partial charge in [-0.05, 0) is 119 Å². The molecule has 660 valence electrons. The van der Waals surface area contributed by atoms with E-state index in [1.165, 1.54) is 35.8 Å². The lowest BCUT2D eigenvalue weighted by Gasteiger charge is -2.41. The van der Waals surface area contributed by atoms with Crippen LogP contribution in [0.3, 0.4) is 0 Å². The van der Waals surface area contributed by atoms with Gasteiger partial charge in [0.2, 0.25) is 53.2 Å². The largest absolute Gasteiger partial charge is 0.445 e. The van der Waals surface area contributed by atoms with Crippen LogP contribution in [-0.2, 0) is 87.9 Å². The number of imide groups is 2. The first kappa shape index (κ1) is 98.0. The number of anilines is 1. The minimum absolute atomic E-state index is 0.00110. The first-order chi connectivity index (χ1) is 56.2. The molecule has 4 aliphatic rings. The van der Waals surface area contributed by atoms with Crippen molar-refractivity contribution in [3.63, 3.8) is 0 Å². The fourth-order valence-electron chi connectivity index (χ4n) is 15.2. The molecule has 1 saturated carbocycles. The van der Waals surface area contributed by atoms with Gasteiger partial charge in [0.05, 0.1) is 67.4 Å². The van der Waals surface area contributed by atoms with Crippen LogP contribution in [0.2, 0.25) is 0 Å². The highest BCUT2D eigenvalue weighted by molar-refractivity contribution is 8.00. The second-order valence-electron chi connectivity index (χ2n) is 32.8. The maximum Gasteiger partial charge on any atom is 0.407 e. The zero-order valence-corrected chi connectivity index (χ0v) is 72.6. The normalized spacial score (nSPS) is 18.6. The Labute approximate surface area is 701 Å². The van der Waals surface area contributed by atoms with Crippen LogP contribution in [0.5, 0.6) is 0 Å². The third kappa shape index (κ3) is 29.3. The zero-order valence-electron chi connectivity index (χ0n) is 71.8. The second kappa shape index (κ2) is 46.7. The topological polar surface area (TPSA) is 458 Å². The van der Waals surface area contributed by atoms with Crippen molar-refractivity contribution >= 4 is 112 Å².